The normalized spacial score (nSPS) is 10.3. The number of rotatable bonds is 5. The molecule has 0 unspecified atom stereocenters. The number of hydrogen-bond acceptors (Lipinski definition) is 1. The summed E-state index contributed by atoms with van der Waals surface area (Å²) < 4.78 is 0. The lowest BCUT2D eigenvalue weighted by molar-refractivity contribution is 0.922. The zero-order chi connectivity index (χ0) is 12.8. The third-order valence-corrected chi connectivity index (χ3v) is 3.15. The Morgan fingerprint density at radius 3 is 2.11 bits per heavy atom. The van der Waals surface area contributed by atoms with Crippen LogP contribution in [-0.4, -0.2) is 0 Å². The van der Waals surface area contributed by atoms with Gasteiger partial charge >= 0.3 is 0 Å². The maximum Gasteiger partial charge on any atom is 0.0406 e. The fourth-order valence-corrected chi connectivity index (χ4v) is 2.01. The second-order valence-electron chi connectivity index (χ2n) is 4.43. The molecule has 2 aromatic carbocycles. The lowest BCUT2D eigenvalue weighted by Crippen LogP contribution is -1.99. The zero-order valence-electron chi connectivity index (χ0n) is 10.6. The number of anilines is 1. The molecule has 0 aliphatic heterocycles. The van der Waals surface area contributed by atoms with Crippen LogP contribution in [0, 0.1) is 0 Å². The van der Waals surface area contributed by atoms with Crippen molar-refractivity contribution >= 4 is 17.3 Å². The fourth-order valence-electron chi connectivity index (χ4n) is 1.88. The lowest BCUT2D eigenvalue weighted by atomic mass is 10.1. The third-order valence-electron chi connectivity index (χ3n) is 2.90. The maximum absolute atomic E-state index is 5.86. The summed E-state index contributed by atoms with van der Waals surface area (Å²) in [7, 11) is 0. The van der Waals surface area contributed by atoms with Crippen molar-refractivity contribution in [3.8, 4) is 0 Å². The molecule has 1 nitrogen and oxygen atoms in total. The van der Waals surface area contributed by atoms with Crippen molar-refractivity contribution in [1.82, 2.24) is 0 Å². The Balaban J connectivity index is 1.91. The largest absolute Gasteiger partial charge is 0.381 e. The minimum atomic E-state index is 0.780. The molecule has 18 heavy (non-hydrogen) atoms. The van der Waals surface area contributed by atoms with Crippen LogP contribution < -0.4 is 5.32 Å². The Morgan fingerprint density at radius 2 is 1.50 bits per heavy atom. The first-order valence-electron chi connectivity index (χ1n) is 6.35. The van der Waals surface area contributed by atoms with Gasteiger partial charge in [0.1, 0.15) is 0 Å². The Morgan fingerprint density at radius 1 is 0.889 bits per heavy atom. The first kappa shape index (κ1) is 13.0. The molecule has 2 rings (SSSR count). The van der Waals surface area contributed by atoms with E-state index in [0.29, 0.717) is 0 Å². The monoisotopic (exact) mass is 259 g/mol. The molecule has 0 aromatic heterocycles. The van der Waals surface area contributed by atoms with Gasteiger partial charge in [-0.2, -0.15) is 0 Å². The van der Waals surface area contributed by atoms with Crippen LogP contribution in [-0.2, 0) is 13.0 Å². The molecule has 0 amide bonds. The summed E-state index contributed by atoms with van der Waals surface area (Å²) in [6, 6.07) is 16.6. The van der Waals surface area contributed by atoms with Gasteiger partial charge in [0, 0.05) is 17.3 Å². The van der Waals surface area contributed by atoms with E-state index in [-0.39, 0.29) is 0 Å². The number of benzene rings is 2. The van der Waals surface area contributed by atoms with Crippen molar-refractivity contribution in [1.29, 1.82) is 0 Å². The highest BCUT2D eigenvalue weighted by molar-refractivity contribution is 6.30. The van der Waals surface area contributed by atoms with Crippen LogP contribution in [0.3, 0.4) is 0 Å². The van der Waals surface area contributed by atoms with Gasteiger partial charge in [-0.3, -0.25) is 0 Å². The van der Waals surface area contributed by atoms with E-state index in [1.54, 1.807) is 0 Å². The molecule has 0 saturated carbocycles. The summed E-state index contributed by atoms with van der Waals surface area (Å²) in [6.45, 7) is 3.02. The Bertz CT molecular complexity index is 473. The summed E-state index contributed by atoms with van der Waals surface area (Å²) >= 11 is 5.86. The minimum Gasteiger partial charge on any atom is -0.381 e. The van der Waals surface area contributed by atoms with Crippen molar-refractivity contribution < 1.29 is 0 Å². The first-order valence-corrected chi connectivity index (χ1v) is 6.73. The molecular formula is C16H18ClN. The topological polar surface area (TPSA) is 12.0 Å². The van der Waals surface area contributed by atoms with E-state index >= 15 is 0 Å². The van der Waals surface area contributed by atoms with E-state index in [0.717, 1.165) is 23.7 Å². The summed E-state index contributed by atoms with van der Waals surface area (Å²) in [5.74, 6) is 0. The average molecular weight is 260 g/mol. The number of aryl methyl sites for hydroxylation is 1. The van der Waals surface area contributed by atoms with Crippen LogP contribution in [0.5, 0.6) is 0 Å². The lowest BCUT2D eigenvalue weighted by Gasteiger charge is -2.07. The first-order chi connectivity index (χ1) is 8.78. The van der Waals surface area contributed by atoms with E-state index in [9.17, 15) is 0 Å². The smallest absolute Gasteiger partial charge is 0.0406 e. The molecular weight excluding hydrogens is 242 g/mol. The molecule has 0 fully saturated rings. The van der Waals surface area contributed by atoms with Crippen LogP contribution in [0.2, 0.25) is 5.02 Å². The summed E-state index contributed by atoms with van der Waals surface area (Å²) in [6.07, 6.45) is 2.34. The van der Waals surface area contributed by atoms with Gasteiger partial charge in [-0.1, -0.05) is 49.2 Å². The summed E-state index contributed by atoms with van der Waals surface area (Å²) in [5.41, 5.74) is 3.79. The Labute approximate surface area is 114 Å². The van der Waals surface area contributed by atoms with Gasteiger partial charge in [0.05, 0.1) is 0 Å². The molecule has 0 spiro atoms. The fraction of sp³-hybridized carbons (Fsp3) is 0.250. The third kappa shape index (κ3) is 3.78. The van der Waals surface area contributed by atoms with Crippen LogP contribution in [0.4, 0.5) is 5.69 Å². The van der Waals surface area contributed by atoms with Crippen LogP contribution >= 0.6 is 11.6 Å². The maximum atomic E-state index is 5.86. The number of nitrogens with one attached hydrogen (secondary N) is 1. The van der Waals surface area contributed by atoms with Gasteiger partial charge in [0.2, 0.25) is 0 Å². The van der Waals surface area contributed by atoms with Crippen LogP contribution in [0.1, 0.15) is 24.5 Å². The molecule has 0 atom stereocenters. The molecule has 0 aliphatic carbocycles. The van der Waals surface area contributed by atoms with E-state index in [2.05, 4.69) is 36.5 Å². The van der Waals surface area contributed by atoms with Crippen LogP contribution in [0.25, 0.3) is 0 Å². The van der Waals surface area contributed by atoms with Gasteiger partial charge < -0.3 is 5.32 Å². The molecule has 94 valence electrons. The van der Waals surface area contributed by atoms with Gasteiger partial charge in [0.25, 0.3) is 0 Å². The SMILES string of the molecule is CCCc1ccc(NCc2ccc(Cl)cc2)cc1. The van der Waals surface area contributed by atoms with Crippen molar-refractivity contribution in [2.45, 2.75) is 26.3 Å². The molecule has 1 N–H and O–H groups in total. The second kappa shape index (κ2) is 6.46. The van der Waals surface area contributed by atoms with E-state index in [1.165, 1.54) is 17.5 Å². The standard InChI is InChI=1S/C16H18ClN/c1-2-3-13-6-10-16(11-7-13)18-12-14-4-8-15(17)9-5-14/h4-11,18H,2-3,12H2,1H3. The average Bonchev–Trinajstić information content (AvgIpc) is 2.40. The molecule has 2 heteroatoms. The molecule has 0 radical (unpaired) electrons. The van der Waals surface area contributed by atoms with Crippen molar-refractivity contribution in [2.75, 3.05) is 5.32 Å². The molecule has 0 saturated heterocycles. The van der Waals surface area contributed by atoms with E-state index < -0.39 is 0 Å². The second-order valence-corrected chi connectivity index (χ2v) is 4.86. The van der Waals surface area contributed by atoms with E-state index in [4.69, 9.17) is 11.6 Å². The van der Waals surface area contributed by atoms with Gasteiger partial charge in [0.15, 0.2) is 0 Å². The summed E-state index contributed by atoms with van der Waals surface area (Å²) in [5, 5.41) is 4.19. The highest BCUT2D eigenvalue weighted by atomic mass is 35.5. The van der Waals surface area contributed by atoms with E-state index in [1.807, 2.05) is 24.3 Å². The number of halogens is 1. The quantitative estimate of drug-likeness (QED) is 0.805. The Kier molecular flexibility index (Phi) is 4.66. The molecule has 0 heterocycles. The van der Waals surface area contributed by atoms with Crippen molar-refractivity contribution in [3.05, 3.63) is 64.7 Å². The Hall–Kier alpha value is -1.47. The zero-order valence-corrected chi connectivity index (χ0v) is 11.4. The molecule has 2 aromatic rings. The predicted octanol–water partition coefficient (Wildman–Crippen LogP) is 4.90. The predicted molar refractivity (Wildman–Crippen MR) is 79.2 cm³/mol. The van der Waals surface area contributed by atoms with Gasteiger partial charge in [-0.15, -0.1) is 0 Å². The highest BCUT2D eigenvalue weighted by Gasteiger charge is 1.95. The van der Waals surface area contributed by atoms with Gasteiger partial charge in [-0.25, -0.2) is 0 Å². The minimum absolute atomic E-state index is 0.780. The highest BCUT2D eigenvalue weighted by Crippen LogP contribution is 2.14. The van der Waals surface area contributed by atoms with Gasteiger partial charge in [-0.05, 0) is 41.8 Å². The summed E-state index contributed by atoms with van der Waals surface area (Å²) in [4.78, 5) is 0. The number of hydrogen-bond donors (Lipinski definition) is 1. The van der Waals surface area contributed by atoms with Crippen LogP contribution in [0.15, 0.2) is 48.5 Å². The molecule has 0 aliphatic rings. The van der Waals surface area contributed by atoms with Crippen molar-refractivity contribution in [2.24, 2.45) is 0 Å². The van der Waals surface area contributed by atoms with Crippen molar-refractivity contribution in [3.63, 3.8) is 0 Å². The molecule has 0 bridgehead atoms.